The second-order valence-electron chi connectivity index (χ2n) is 2.72. The molecule has 1 amide bonds. The van der Waals surface area contributed by atoms with E-state index in [0.29, 0.717) is 6.54 Å². The van der Waals surface area contributed by atoms with Gasteiger partial charge in [0.1, 0.15) is 0 Å². The second kappa shape index (κ2) is 3.56. The van der Waals surface area contributed by atoms with Gasteiger partial charge in [-0.3, -0.25) is 4.79 Å². The van der Waals surface area contributed by atoms with Gasteiger partial charge in [-0.15, -0.1) is 0 Å². The van der Waals surface area contributed by atoms with Gasteiger partial charge in [-0.2, -0.15) is 0 Å². The molecule has 3 N–H and O–H groups in total. The molecule has 1 heterocycles. The minimum atomic E-state index is 0.0718. The summed E-state index contributed by atoms with van der Waals surface area (Å²) in [5, 5.41) is 2.83. The van der Waals surface area contributed by atoms with Gasteiger partial charge >= 0.3 is 0 Å². The van der Waals surface area contributed by atoms with Crippen molar-refractivity contribution in [2.24, 2.45) is 11.7 Å². The fraction of sp³-hybridized carbons (Fsp3) is 0.857. The Kier molecular flexibility index (Phi) is 2.68. The average molecular weight is 142 g/mol. The van der Waals surface area contributed by atoms with E-state index in [-0.39, 0.29) is 11.8 Å². The maximum Gasteiger partial charge on any atom is 0.224 e. The van der Waals surface area contributed by atoms with E-state index in [4.69, 9.17) is 5.73 Å². The molecule has 0 aromatic rings. The van der Waals surface area contributed by atoms with Crippen LogP contribution in [0.25, 0.3) is 0 Å². The number of carbonyl (C=O) groups excluding carboxylic acids is 1. The predicted molar refractivity (Wildman–Crippen MR) is 39.4 cm³/mol. The molecule has 1 aliphatic rings. The molecule has 1 rings (SSSR count). The van der Waals surface area contributed by atoms with E-state index in [9.17, 15) is 4.79 Å². The van der Waals surface area contributed by atoms with Crippen molar-refractivity contribution >= 4 is 5.91 Å². The highest BCUT2D eigenvalue weighted by molar-refractivity contribution is 5.78. The molecule has 1 fully saturated rings. The molecule has 0 spiro atoms. The summed E-state index contributed by atoms with van der Waals surface area (Å²) in [5.41, 5.74) is 5.40. The van der Waals surface area contributed by atoms with Crippen molar-refractivity contribution in [1.29, 1.82) is 0 Å². The summed E-state index contributed by atoms with van der Waals surface area (Å²) >= 11 is 0. The first kappa shape index (κ1) is 7.54. The third-order valence-corrected chi connectivity index (χ3v) is 1.93. The zero-order valence-corrected chi connectivity index (χ0v) is 6.10. The lowest BCUT2D eigenvalue weighted by molar-refractivity contribution is -0.124. The molecular formula is C7H14N2O. The van der Waals surface area contributed by atoms with Crippen molar-refractivity contribution in [1.82, 2.24) is 5.32 Å². The number of hydrogen-bond acceptors (Lipinski definition) is 2. The molecule has 0 aromatic heterocycles. The highest BCUT2D eigenvalue weighted by atomic mass is 16.1. The third kappa shape index (κ3) is 1.70. The fourth-order valence-electron chi connectivity index (χ4n) is 1.23. The molecule has 1 atom stereocenters. The number of amides is 1. The molecular weight excluding hydrogens is 128 g/mol. The number of rotatable bonds is 1. The van der Waals surface area contributed by atoms with Gasteiger partial charge in [0.25, 0.3) is 0 Å². The van der Waals surface area contributed by atoms with Crippen molar-refractivity contribution < 1.29 is 4.79 Å². The van der Waals surface area contributed by atoms with Gasteiger partial charge in [-0.05, 0) is 12.8 Å². The molecule has 1 saturated heterocycles. The zero-order valence-electron chi connectivity index (χ0n) is 6.10. The van der Waals surface area contributed by atoms with Crippen LogP contribution in [0.2, 0.25) is 0 Å². The fourth-order valence-corrected chi connectivity index (χ4v) is 1.23. The molecule has 0 saturated carbocycles. The lowest BCUT2D eigenvalue weighted by Crippen LogP contribution is -2.33. The molecule has 1 aliphatic heterocycles. The van der Waals surface area contributed by atoms with Crippen LogP contribution < -0.4 is 11.1 Å². The minimum absolute atomic E-state index is 0.0718. The first-order valence-corrected chi connectivity index (χ1v) is 3.82. The summed E-state index contributed by atoms with van der Waals surface area (Å²) < 4.78 is 0. The van der Waals surface area contributed by atoms with E-state index in [2.05, 4.69) is 5.32 Å². The Morgan fingerprint density at radius 1 is 1.60 bits per heavy atom. The Morgan fingerprint density at radius 2 is 2.40 bits per heavy atom. The van der Waals surface area contributed by atoms with Gasteiger partial charge in [0.15, 0.2) is 0 Å². The van der Waals surface area contributed by atoms with Crippen molar-refractivity contribution in [2.45, 2.75) is 19.3 Å². The quantitative estimate of drug-likeness (QED) is 0.535. The van der Waals surface area contributed by atoms with Crippen molar-refractivity contribution in [3.05, 3.63) is 0 Å². The lowest BCUT2D eigenvalue weighted by atomic mass is 10.0. The normalized spacial score (nSPS) is 27.3. The molecule has 3 heteroatoms. The highest BCUT2D eigenvalue weighted by Crippen LogP contribution is 2.10. The van der Waals surface area contributed by atoms with E-state index in [1.807, 2.05) is 0 Å². The maximum atomic E-state index is 11.1. The Morgan fingerprint density at radius 3 is 3.10 bits per heavy atom. The zero-order chi connectivity index (χ0) is 7.40. The predicted octanol–water partition coefficient (Wildman–Crippen LogP) is -0.139. The molecule has 0 bridgehead atoms. The van der Waals surface area contributed by atoms with Gasteiger partial charge < -0.3 is 11.1 Å². The number of nitrogens with two attached hydrogens (primary N) is 1. The Bertz CT molecular complexity index is 125. The third-order valence-electron chi connectivity index (χ3n) is 1.93. The van der Waals surface area contributed by atoms with Gasteiger partial charge in [0.05, 0.1) is 5.92 Å². The average Bonchev–Trinajstić information content (AvgIpc) is 2.13. The summed E-state index contributed by atoms with van der Waals surface area (Å²) in [4.78, 5) is 11.1. The number of hydrogen-bond donors (Lipinski definition) is 2. The topological polar surface area (TPSA) is 55.1 Å². The van der Waals surface area contributed by atoms with Crippen molar-refractivity contribution in [3.63, 3.8) is 0 Å². The summed E-state index contributed by atoms with van der Waals surface area (Å²) in [5.74, 6) is 0.211. The minimum Gasteiger partial charge on any atom is -0.356 e. The van der Waals surface area contributed by atoms with Crippen LogP contribution in [0.1, 0.15) is 19.3 Å². The van der Waals surface area contributed by atoms with E-state index in [1.165, 1.54) is 0 Å². The molecule has 0 radical (unpaired) electrons. The molecule has 3 nitrogen and oxygen atoms in total. The van der Waals surface area contributed by atoms with Crippen LogP contribution in [0.5, 0.6) is 0 Å². The van der Waals surface area contributed by atoms with Crippen LogP contribution in [0, 0.1) is 5.92 Å². The van der Waals surface area contributed by atoms with Crippen molar-refractivity contribution in [2.75, 3.05) is 13.1 Å². The van der Waals surface area contributed by atoms with Crippen LogP contribution in [-0.2, 0) is 4.79 Å². The Hall–Kier alpha value is -0.570. The van der Waals surface area contributed by atoms with Gasteiger partial charge in [-0.25, -0.2) is 0 Å². The summed E-state index contributed by atoms with van der Waals surface area (Å²) in [7, 11) is 0. The maximum absolute atomic E-state index is 11.1. The molecule has 1 unspecified atom stereocenters. The van der Waals surface area contributed by atoms with Crippen LogP contribution in [0.4, 0.5) is 0 Å². The van der Waals surface area contributed by atoms with Crippen LogP contribution in [0.15, 0.2) is 0 Å². The van der Waals surface area contributed by atoms with Crippen LogP contribution in [0.3, 0.4) is 0 Å². The van der Waals surface area contributed by atoms with E-state index >= 15 is 0 Å². The van der Waals surface area contributed by atoms with E-state index in [0.717, 1.165) is 25.8 Å². The monoisotopic (exact) mass is 142 g/mol. The van der Waals surface area contributed by atoms with Crippen LogP contribution in [-0.4, -0.2) is 19.0 Å². The van der Waals surface area contributed by atoms with Gasteiger partial charge in [-0.1, -0.05) is 6.42 Å². The number of carbonyl (C=O) groups is 1. The summed E-state index contributed by atoms with van der Waals surface area (Å²) in [6.07, 6.45) is 3.19. The molecule has 0 aliphatic carbocycles. The largest absolute Gasteiger partial charge is 0.356 e. The molecule has 58 valence electrons. The smallest absolute Gasteiger partial charge is 0.224 e. The van der Waals surface area contributed by atoms with E-state index < -0.39 is 0 Å². The van der Waals surface area contributed by atoms with Crippen molar-refractivity contribution in [3.8, 4) is 0 Å². The Balaban J connectivity index is 2.43. The van der Waals surface area contributed by atoms with Gasteiger partial charge in [0, 0.05) is 13.1 Å². The number of nitrogens with one attached hydrogen (secondary N) is 1. The molecule has 10 heavy (non-hydrogen) atoms. The van der Waals surface area contributed by atoms with Gasteiger partial charge in [0.2, 0.25) is 5.91 Å². The standard InChI is InChI=1S/C7H14N2O/c8-5-6-3-1-2-4-9-7(6)10/h6H,1-5,8H2,(H,9,10). The second-order valence-corrected chi connectivity index (χ2v) is 2.72. The summed E-state index contributed by atoms with van der Waals surface area (Å²) in [6, 6.07) is 0. The van der Waals surface area contributed by atoms with Crippen LogP contribution >= 0.6 is 0 Å². The van der Waals surface area contributed by atoms with E-state index in [1.54, 1.807) is 0 Å². The first-order chi connectivity index (χ1) is 4.84. The summed E-state index contributed by atoms with van der Waals surface area (Å²) in [6.45, 7) is 1.32. The molecule has 0 aromatic carbocycles. The Labute approximate surface area is 61.0 Å². The lowest BCUT2D eigenvalue weighted by Gasteiger charge is -2.08. The highest BCUT2D eigenvalue weighted by Gasteiger charge is 2.17. The SMILES string of the molecule is NCC1CCCCNC1=O. The first-order valence-electron chi connectivity index (χ1n) is 3.82.